The molecular weight excluding hydrogens is 384 g/mol. The number of rotatable bonds is 6. The number of nitrogens with zero attached hydrogens (tertiary/aromatic N) is 1. The van der Waals surface area contributed by atoms with Gasteiger partial charge in [-0.05, 0) is 48.9 Å². The molecule has 0 atom stereocenters. The van der Waals surface area contributed by atoms with E-state index in [4.69, 9.17) is 4.74 Å². The summed E-state index contributed by atoms with van der Waals surface area (Å²) in [5.74, 6) is -0.709. The van der Waals surface area contributed by atoms with Crippen molar-refractivity contribution in [2.75, 3.05) is 11.4 Å². The summed E-state index contributed by atoms with van der Waals surface area (Å²) in [7, 11) is -2.68. The molecule has 0 saturated carbocycles. The third kappa shape index (κ3) is 3.99. The topological polar surface area (TPSA) is 46.6 Å². The summed E-state index contributed by atoms with van der Waals surface area (Å²) >= 11 is 0. The molecule has 0 heterocycles. The summed E-state index contributed by atoms with van der Waals surface area (Å²) in [6.45, 7) is 1.44. The Morgan fingerprint density at radius 2 is 1.71 bits per heavy atom. The number of hydrogen-bond donors (Lipinski definition) is 0. The van der Waals surface area contributed by atoms with Gasteiger partial charge >= 0.3 is 0 Å². The largest absolute Gasteiger partial charge is 0.496 e. The van der Waals surface area contributed by atoms with Crippen molar-refractivity contribution in [2.45, 2.75) is 18.4 Å². The highest BCUT2D eigenvalue weighted by Gasteiger charge is 2.27. The Labute approximate surface area is 163 Å². The maximum Gasteiger partial charge on any atom is 0.264 e. The molecule has 0 spiro atoms. The Bertz CT molecular complexity index is 1100. The summed E-state index contributed by atoms with van der Waals surface area (Å²) in [5, 5.41) is 0. The lowest BCUT2D eigenvalue weighted by Crippen LogP contribution is -2.31. The zero-order valence-electron chi connectivity index (χ0n) is 15.4. The van der Waals surface area contributed by atoms with Gasteiger partial charge in [0.2, 0.25) is 0 Å². The van der Waals surface area contributed by atoms with E-state index in [0.29, 0.717) is 16.9 Å². The molecule has 7 heteroatoms. The van der Waals surface area contributed by atoms with Crippen LogP contribution in [0.5, 0.6) is 5.75 Å². The summed E-state index contributed by atoms with van der Waals surface area (Å²) in [4.78, 5) is -0.213. The first kappa shape index (κ1) is 19.8. The Morgan fingerprint density at radius 3 is 2.39 bits per heavy atom. The van der Waals surface area contributed by atoms with Gasteiger partial charge in [-0.15, -0.1) is 0 Å². The fraction of sp³-hybridized carbons (Fsp3) is 0.143. The standard InChI is InChI=1S/C21H19F2NO3S/c1-15-10-11-19(13-20(15)23)28(25,26)24(18-8-5-7-17(22)12-18)14-16-6-3-4-9-21(16)27-2/h3-13H,14H2,1-2H3. The van der Waals surface area contributed by atoms with E-state index >= 15 is 0 Å². The average Bonchev–Trinajstić information content (AvgIpc) is 2.68. The van der Waals surface area contributed by atoms with Gasteiger partial charge < -0.3 is 4.74 Å². The number of anilines is 1. The number of methoxy groups -OCH3 is 1. The number of ether oxygens (including phenoxy) is 1. The third-order valence-corrected chi connectivity index (χ3v) is 6.10. The molecule has 0 aliphatic rings. The molecule has 0 amide bonds. The van der Waals surface area contributed by atoms with Crippen LogP contribution in [0.15, 0.2) is 71.6 Å². The van der Waals surface area contributed by atoms with E-state index in [1.165, 1.54) is 37.4 Å². The summed E-state index contributed by atoms with van der Waals surface area (Å²) in [5.41, 5.74) is 1.05. The lowest BCUT2D eigenvalue weighted by molar-refractivity contribution is 0.410. The second-order valence-corrected chi connectivity index (χ2v) is 8.08. The van der Waals surface area contributed by atoms with Crippen LogP contribution in [0.4, 0.5) is 14.5 Å². The van der Waals surface area contributed by atoms with Crippen molar-refractivity contribution in [3.05, 3.63) is 89.5 Å². The van der Waals surface area contributed by atoms with Crippen molar-refractivity contribution in [2.24, 2.45) is 0 Å². The maximum atomic E-state index is 14.0. The van der Waals surface area contributed by atoms with Gasteiger partial charge in [-0.2, -0.15) is 0 Å². The quantitative estimate of drug-likeness (QED) is 0.601. The third-order valence-electron chi connectivity index (χ3n) is 4.33. The predicted octanol–water partition coefficient (Wildman–Crippen LogP) is 4.68. The van der Waals surface area contributed by atoms with Crippen LogP contribution in [0.3, 0.4) is 0 Å². The molecule has 0 aliphatic carbocycles. The molecule has 0 aromatic heterocycles. The molecule has 0 radical (unpaired) electrons. The molecule has 0 bridgehead atoms. The predicted molar refractivity (Wildman–Crippen MR) is 104 cm³/mol. The summed E-state index contributed by atoms with van der Waals surface area (Å²) in [6.07, 6.45) is 0. The average molecular weight is 403 g/mol. The van der Waals surface area contributed by atoms with E-state index in [1.54, 1.807) is 31.2 Å². The minimum atomic E-state index is -4.16. The zero-order valence-corrected chi connectivity index (χ0v) is 16.2. The van der Waals surface area contributed by atoms with E-state index in [-0.39, 0.29) is 17.1 Å². The molecule has 28 heavy (non-hydrogen) atoms. The van der Waals surface area contributed by atoms with Crippen LogP contribution in [0.1, 0.15) is 11.1 Å². The Morgan fingerprint density at radius 1 is 0.964 bits per heavy atom. The van der Waals surface area contributed by atoms with Crippen LogP contribution in [0, 0.1) is 18.6 Å². The van der Waals surface area contributed by atoms with Crippen molar-refractivity contribution >= 4 is 15.7 Å². The molecule has 0 aliphatic heterocycles. The van der Waals surface area contributed by atoms with E-state index in [2.05, 4.69) is 0 Å². The van der Waals surface area contributed by atoms with E-state index in [0.717, 1.165) is 16.4 Å². The molecule has 0 fully saturated rings. The van der Waals surface area contributed by atoms with Crippen LogP contribution >= 0.6 is 0 Å². The van der Waals surface area contributed by atoms with Gasteiger partial charge in [-0.3, -0.25) is 4.31 Å². The van der Waals surface area contributed by atoms with Crippen molar-refractivity contribution in [1.82, 2.24) is 0 Å². The SMILES string of the molecule is COc1ccccc1CN(c1cccc(F)c1)S(=O)(=O)c1ccc(C)c(F)c1. The molecule has 3 aromatic rings. The smallest absolute Gasteiger partial charge is 0.264 e. The minimum Gasteiger partial charge on any atom is -0.496 e. The van der Waals surface area contributed by atoms with Gasteiger partial charge in [0.1, 0.15) is 17.4 Å². The molecule has 0 unspecified atom stereocenters. The summed E-state index contributed by atoms with van der Waals surface area (Å²) < 4.78 is 60.8. The van der Waals surface area contributed by atoms with Gasteiger partial charge in [-0.25, -0.2) is 17.2 Å². The normalized spacial score (nSPS) is 11.3. The number of aryl methyl sites for hydroxylation is 1. The van der Waals surface area contributed by atoms with Crippen LogP contribution < -0.4 is 9.04 Å². The molecule has 146 valence electrons. The van der Waals surface area contributed by atoms with Crippen molar-refractivity contribution in [3.63, 3.8) is 0 Å². The number of sulfonamides is 1. The number of benzene rings is 3. The maximum absolute atomic E-state index is 14.0. The highest BCUT2D eigenvalue weighted by Crippen LogP contribution is 2.29. The van der Waals surface area contributed by atoms with Gasteiger partial charge in [0.25, 0.3) is 10.0 Å². The first-order valence-electron chi connectivity index (χ1n) is 8.49. The first-order valence-corrected chi connectivity index (χ1v) is 9.93. The van der Waals surface area contributed by atoms with Gasteiger partial charge in [-0.1, -0.05) is 30.3 Å². The highest BCUT2D eigenvalue weighted by molar-refractivity contribution is 7.92. The fourth-order valence-corrected chi connectivity index (χ4v) is 4.24. The Kier molecular flexibility index (Phi) is 5.65. The van der Waals surface area contributed by atoms with E-state index in [1.807, 2.05) is 0 Å². The van der Waals surface area contributed by atoms with Crippen LogP contribution in [-0.4, -0.2) is 15.5 Å². The Hall–Kier alpha value is -2.93. The van der Waals surface area contributed by atoms with E-state index in [9.17, 15) is 17.2 Å². The van der Waals surface area contributed by atoms with Gasteiger partial charge in [0.05, 0.1) is 24.2 Å². The highest BCUT2D eigenvalue weighted by atomic mass is 32.2. The second kappa shape index (κ2) is 7.98. The van der Waals surface area contributed by atoms with Crippen LogP contribution in [-0.2, 0) is 16.6 Å². The van der Waals surface area contributed by atoms with Crippen LogP contribution in [0.25, 0.3) is 0 Å². The van der Waals surface area contributed by atoms with E-state index < -0.39 is 21.7 Å². The molecule has 4 nitrogen and oxygen atoms in total. The van der Waals surface area contributed by atoms with Crippen LogP contribution in [0.2, 0.25) is 0 Å². The minimum absolute atomic E-state index is 0.106. The molecule has 3 rings (SSSR count). The molecule has 0 N–H and O–H groups in total. The zero-order chi connectivity index (χ0) is 20.3. The lowest BCUT2D eigenvalue weighted by atomic mass is 10.2. The van der Waals surface area contributed by atoms with Gasteiger partial charge in [0, 0.05) is 5.56 Å². The first-order chi connectivity index (χ1) is 13.3. The Balaban J connectivity index is 2.14. The lowest BCUT2D eigenvalue weighted by Gasteiger charge is -2.25. The molecule has 0 saturated heterocycles. The number of para-hydroxylation sites is 1. The number of hydrogen-bond acceptors (Lipinski definition) is 3. The van der Waals surface area contributed by atoms with Crippen molar-refractivity contribution in [3.8, 4) is 5.75 Å². The fourth-order valence-electron chi connectivity index (χ4n) is 2.80. The van der Waals surface area contributed by atoms with Crippen molar-refractivity contribution < 1.29 is 21.9 Å². The summed E-state index contributed by atoms with van der Waals surface area (Å²) in [6, 6.07) is 15.9. The number of halogens is 2. The van der Waals surface area contributed by atoms with Crippen molar-refractivity contribution in [1.29, 1.82) is 0 Å². The second-order valence-electron chi connectivity index (χ2n) is 6.21. The molecular formula is C21H19F2NO3S. The monoisotopic (exact) mass is 403 g/mol. The van der Waals surface area contributed by atoms with Gasteiger partial charge in [0.15, 0.2) is 0 Å². The molecule has 3 aromatic carbocycles.